The summed E-state index contributed by atoms with van der Waals surface area (Å²) in [6, 6.07) is 1.87. The quantitative estimate of drug-likeness (QED) is 0.740. The Kier molecular flexibility index (Phi) is 3.64. The molecule has 1 saturated carbocycles. The van der Waals surface area contributed by atoms with E-state index in [2.05, 4.69) is 21.8 Å². The zero-order chi connectivity index (χ0) is 11.5. The van der Waals surface area contributed by atoms with Gasteiger partial charge in [0.2, 0.25) is 0 Å². The Morgan fingerprint density at radius 1 is 1.38 bits per heavy atom. The van der Waals surface area contributed by atoms with E-state index in [9.17, 15) is 0 Å². The molecule has 0 atom stereocenters. The molecule has 0 N–H and O–H groups in total. The molecule has 1 aliphatic carbocycles. The number of hydrogen-bond acceptors (Lipinski definition) is 3. The van der Waals surface area contributed by atoms with Gasteiger partial charge in [-0.25, -0.2) is 9.97 Å². The Morgan fingerprint density at radius 3 is 2.69 bits per heavy atom. The molecule has 1 aliphatic rings. The molecule has 0 spiro atoms. The first kappa shape index (κ1) is 11.6. The highest BCUT2D eigenvalue weighted by atomic mass is 35.5. The van der Waals surface area contributed by atoms with E-state index in [-0.39, 0.29) is 0 Å². The van der Waals surface area contributed by atoms with Crippen LogP contribution in [0.1, 0.15) is 32.5 Å². The van der Waals surface area contributed by atoms with E-state index in [1.807, 2.05) is 13.0 Å². The van der Waals surface area contributed by atoms with E-state index in [4.69, 9.17) is 11.6 Å². The maximum Gasteiger partial charge on any atom is 0.134 e. The Labute approximate surface area is 102 Å². The molecule has 0 bridgehead atoms. The Bertz CT molecular complexity index is 363. The summed E-state index contributed by atoms with van der Waals surface area (Å²) in [7, 11) is 0. The van der Waals surface area contributed by atoms with Gasteiger partial charge in [0.05, 0.1) is 0 Å². The molecule has 0 aromatic carbocycles. The minimum absolute atomic E-state index is 0.552. The van der Waals surface area contributed by atoms with Crippen molar-refractivity contribution in [2.45, 2.75) is 33.1 Å². The van der Waals surface area contributed by atoms with Crippen molar-refractivity contribution in [3.63, 3.8) is 0 Å². The summed E-state index contributed by atoms with van der Waals surface area (Å²) >= 11 is 6.00. The third-order valence-electron chi connectivity index (χ3n) is 2.93. The largest absolute Gasteiger partial charge is 0.356 e. The van der Waals surface area contributed by atoms with Crippen molar-refractivity contribution in [2.75, 3.05) is 18.0 Å². The molecule has 0 aliphatic heterocycles. The van der Waals surface area contributed by atoms with Crippen molar-refractivity contribution in [3.8, 4) is 0 Å². The van der Waals surface area contributed by atoms with Gasteiger partial charge in [0.1, 0.15) is 16.8 Å². The van der Waals surface area contributed by atoms with E-state index >= 15 is 0 Å². The van der Waals surface area contributed by atoms with Gasteiger partial charge in [-0.15, -0.1) is 0 Å². The van der Waals surface area contributed by atoms with Gasteiger partial charge < -0.3 is 4.90 Å². The highest BCUT2D eigenvalue weighted by Gasteiger charge is 2.24. The molecule has 0 unspecified atom stereocenters. The fourth-order valence-electron chi connectivity index (χ4n) is 1.77. The predicted octanol–water partition coefficient (Wildman–Crippen LogP) is 2.93. The second-order valence-corrected chi connectivity index (χ2v) is 4.69. The summed E-state index contributed by atoms with van der Waals surface area (Å²) in [5.41, 5.74) is 0. The number of nitrogens with zero attached hydrogens (tertiary/aromatic N) is 3. The van der Waals surface area contributed by atoms with Gasteiger partial charge in [0, 0.05) is 25.6 Å². The van der Waals surface area contributed by atoms with Crippen molar-refractivity contribution in [1.82, 2.24) is 9.97 Å². The van der Waals surface area contributed by atoms with Crippen LogP contribution in [0.3, 0.4) is 0 Å². The van der Waals surface area contributed by atoms with Crippen LogP contribution in [0.2, 0.25) is 5.15 Å². The predicted molar refractivity (Wildman–Crippen MR) is 67.0 cm³/mol. The molecule has 0 radical (unpaired) electrons. The van der Waals surface area contributed by atoms with Crippen molar-refractivity contribution < 1.29 is 0 Å². The summed E-state index contributed by atoms with van der Waals surface area (Å²) < 4.78 is 0. The van der Waals surface area contributed by atoms with E-state index < -0.39 is 0 Å². The highest BCUT2D eigenvalue weighted by Crippen LogP contribution is 2.31. The van der Waals surface area contributed by atoms with Crippen LogP contribution in [0.5, 0.6) is 0 Å². The van der Waals surface area contributed by atoms with Gasteiger partial charge >= 0.3 is 0 Å². The SMILES string of the molecule is CCc1nc(Cl)cc(N(CC)CC2CC2)n1. The van der Waals surface area contributed by atoms with E-state index in [0.717, 1.165) is 37.1 Å². The Hall–Kier alpha value is -0.830. The summed E-state index contributed by atoms with van der Waals surface area (Å²) in [5.74, 6) is 2.67. The molecular formula is C12H18ClN3. The van der Waals surface area contributed by atoms with Crippen molar-refractivity contribution >= 4 is 17.4 Å². The molecule has 1 aromatic rings. The van der Waals surface area contributed by atoms with Crippen LogP contribution in [-0.4, -0.2) is 23.1 Å². The van der Waals surface area contributed by atoms with Gasteiger partial charge in [-0.3, -0.25) is 0 Å². The molecule has 1 aromatic heterocycles. The zero-order valence-corrected chi connectivity index (χ0v) is 10.7. The number of aryl methyl sites for hydroxylation is 1. The molecule has 1 fully saturated rings. The molecule has 16 heavy (non-hydrogen) atoms. The minimum Gasteiger partial charge on any atom is -0.356 e. The van der Waals surface area contributed by atoms with Crippen molar-refractivity contribution in [2.24, 2.45) is 5.92 Å². The van der Waals surface area contributed by atoms with Crippen LogP contribution in [0.4, 0.5) is 5.82 Å². The average Bonchev–Trinajstić information content (AvgIpc) is 3.08. The zero-order valence-electron chi connectivity index (χ0n) is 9.91. The van der Waals surface area contributed by atoms with Crippen LogP contribution in [0.25, 0.3) is 0 Å². The second-order valence-electron chi connectivity index (χ2n) is 4.30. The summed E-state index contributed by atoms with van der Waals surface area (Å²) in [6.45, 7) is 6.29. The first-order valence-electron chi connectivity index (χ1n) is 6.01. The molecule has 88 valence electrons. The molecule has 3 nitrogen and oxygen atoms in total. The van der Waals surface area contributed by atoms with Gasteiger partial charge in [0.25, 0.3) is 0 Å². The summed E-state index contributed by atoms with van der Waals surface area (Å²) in [6.07, 6.45) is 3.54. The number of anilines is 1. The number of rotatable bonds is 5. The maximum absolute atomic E-state index is 6.00. The third kappa shape index (κ3) is 2.85. The Balaban J connectivity index is 2.17. The number of aromatic nitrogens is 2. The fourth-order valence-corrected chi connectivity index (χ4v) is 1.96. The average molecular weight is 240 g/mol. The second kappa shape index (κ2) is 5.00. The van der Waals surface area contributed by atoms with Gasteiger partial charge in [-0.2, -0.15) is 0 Å². The topological polar surface area (TPSA) is 29.0 Å². The van der Waals surface area contributed by atoms with E-state index in [1.165, 1.54) is 12.8 Å². The fraction of sp³-hybridized carbons (Fsp3) is 0.667. The number of hydrogen-bond donors (Lipinski definition) is 0. The normalized spacial score (nSPS) is 15.2. The lowest BCUT2D eigenvalue weighted by Crippen LogP contribution is -2.26. The number of halogens is 1. The molecule has 4 heteroatoms. The lowest BCUT2D eigenvalue weighted by Gasteiger charge is -2.22. The van der Waals surface area contributed by atoms with Crippen LogP contribution in [-0.2, 0) is 6.42 Å². The first-order chi connectivity index (χ1) is 7.72. The summed E-state index contributed by atoms with van der Waals surface area (Å²) in [5, 5.41) is 0.552. The monoisotopic (exact) mass is 239 g/mol. The van der Waals surface area contributed by atoms with Crippen molar-refractivity contribution in [3.05, 3.63) is 17.0 Å². The Morgan fingerprint density at radius 2 is 2.12 bits per heavy atom. The summed E-state index contributed by atoms with van der Waals surface area (Å²) in [4.78, 5) is 11.0. The lowest BCUT2D eigenvalue weighted by atomic mass is 10.3. The highest BCUT2D eigenvalue weighted by molar-refractivity contribution is 6.29. The van der Waals surface area contributed by atoms with Crippen molar-refractivity contribution in [1.29, 1.82) is 0 Å². The smallest absolute Gasteiger partial charge is 0.134 e. The lowest BCUT2D eigenvalue weighted by molar-refractivity contribution is 0.725. The van der Waals surface area contributed by atoms with E-state index in [0.29, 0.717) is 5.15 Å². The molecular weight excluding hydrogens is 222 g/mol. The first-order valence-corrected chi connectivity index (χ1v) is 6.39. The van der Waals surface area contributed by atoms with Crippen LogP contribution < -0.4 is 4.90 Å². The molecule has 1 heterocycles. The maximum atomic E-state index is 6.00. The van der Waals surface area contributed by atoms with Gasteiger partial charge in [-0.1, -0.05) is 18.5 Å². The van der Waals surface area contributed by atoms with Gasteiger partial charge in [0.15, 0.2) is 0 Å². The molecule has 2 rings (SSSR count). The van der Waals surface area contributed by atoms with Gasteiger partial charge in [-0.05, 0) is 25.7 Å². The van der Waals surface area contributed by atoms with Crippen LogP contribution in [0, 0.1) is 5.92 Å². The standard InChI is InChI=1S/C12H18ClN3/c1-3-11-14-10(13)7-12(15-11)16(4-2)8-9-5-6-9/h7,9H,3-6,8H2,1-2H3. The third-order valence-corrected chi connectivity index (χ3v) is 3.12. The van der Waals surface area contributed by atoms with Crippen LogP contribution in [0.15, 0.2) is 6.07 Å². The molecule has 0 amide bonds. The van der Waals surface area contributed by atoms with Crippen LogP contribution >= 0.6 is 11.6 Å². The van der Waals surface area contributed by atoms with E-state index in [1.54, 1.807) is 0 Å². The molecule has 0 saturated heterocycles. The minimum atomic E-state index is 0.552.